The number of aryl methyl sites for hydroxylation is 1. The van der Waals surface area contributed by atoms with Crippen molar-refractivity contribution in [2.45, 2.75) is 32.1 Å². The number of fused-ring (bicyclic) bond motifs is 1. The minimum atomic E-state index is 0.0409. The normalized spacial score (nSPS) is 13.9. The van der Waals surface area contributed by atoms with E-state index in [0.717, 1.165) is 24.1 Å². The van der Waals surface area contributed by atoms with E-state index in [4.69, 9.17) is 0 Å². The van der Waals surface area contributed by atoms with Gasteiger partial charge in [-0.25, -0.2) is 4.37 Å². The van der Waals surface area contributed by atoms with E-state index in [1.54, 1.807) is 6.20 Å². The SMILES string of the molecule is O=C(Cc1cnsc1)Nc1cccc2c1CCCC2. The molecule has 1 aliphatic rings. The lowest BCUT2D eigenvalue weighted by Crippen LogP contribution is -2.17. The van der Waals surface area contributed by atoms with Crippen molar-refractivity contribution in [2.24, 2.45) is 0 Å². The van der Waals surface area contributed by atoms with Gasteiger partial charge in [0.05, 0.1) is 6.42 Å². The number of benzene rings is 1. The van der Waals surface area contributed by atoms with Crippen molar-refractivity contribution in [1.82, 2.24) is 4.37 Å². The van der Waals surface area contributed by atoms with E-state index in [0.29, 0.717) is 6.42 Å². The Labute approximate surface area is 116 Å². The fraction of sp³-hybridized carbons (Fsp3) is 0.333. The van der Waals surface area contributed by atoms with Crippen molar-refractivity contribution in [2.75, 3.05) is 5.32 Å². The molecule has 1 aromatic carbocycles. The van der Waals surface area contributed by atoms with Crippen LogP contribution in [0.3, 0.4) is 0 Å². The standard InChI is InChI=1S/C15H16N2OS/c18-15(8-11-9-16-19-10-11)17-14-7-3-5-12-4-1-2-6-13(12)14/h3,5,7,9-10H,1-2,4,6,8H2,(H,17,18). The van der Waals surface area contributed by atoms with E-state index in [1.165, 1.54) is 35.5 Å². The average Bonchev–Trinajstić information content (AvgIpc) is 2.92. The van der Waals surface area contributed by atoms with Gasteiger partial charge in [-0.15, -0.1) is 0 Å². The molecule has 0 unspecified atom stereocenters. The van der Waals surface area contributed by atoms with Gasteiger partial charge in [-0.1, -0.05) is 12.1 Å². The van der Waals surface area contributed by atoms with Gasteiger partial charge >= 0.3 is 0 Å². The fourth-order valence-electron chi connectivity index (χ4n) is 2.59. The Balaban J connectivity index is 1.74. The first kappa shape index (κ1) is 12.4. The summed E-state index contributed by atoms with van der Waals surface area (Å²) in [6.45, 7) is 0. The first-order valence-electron chi connectivity index (χ1n) is 6.62. The van der Waals surface area contributed by atoms with E-state index < -0.39 is 0 Å². The third-order valence-electron chi connectivity index (χ3n) is 3.52. The maximum Gasteiger partial charge on any atom is 0.228 e. The second-order valence-electron chi connectivity index (χ2n) is 4.91. The lowest BCUT2D eigenvalue weighted by Gasteiger charge is -2.19. The van der Waals surface area contributed by atoms with Crippen LogP contribution in [0.15, 0.2) is 29.8 Å². The number of carbonyl (C=O) groups excluding carboxylic acids is 1. The molecule has 1 heterocycles. The lowest BCUT2D eigenvalue weighted by molar-refractivity contribution is -0.115. The van der Waals surface area contributed by atoms with Gasteiger partial charge in [0, 0.05) is 17.3 Å². The number of hydrogen-bond donors (Lipinski definition) is 1. The molecule has 0 saturated carbocycles. The number of nitrogens with one attached hydrogen (secondary N) is 1. The van der Waals surface area contributed by atoms with Gasteiger partial charge in [0.25, 0.3) is 0 Å². The van der Waals surface area contributed by atoms with Crippen LogP contribution in [0.1, 0.15) is 29.5 Å². The maximum atomic E-state index is 12.0. The van der Waals surface area contributed by atoms with Crippen LogP contribution in [0.4, 0.5) is 5.69 Å². The molecule has 3 nitrogen and oxygen atoms in total. The molecule has 1 aromatic heterocycles. The molecule has 1 amide bonds. The molecule has 0 radical (unpaired) electrons. The van der Waals surface area contributed by atoms with Crippen LogP contribution < -0.4 is 5.32 Å². The summed E-state index contributed by atoms with van der Waals surface area (Å²) in [4.78, 5) is 12.0. The van der Waals surface area contributed by atoms with Crippen LogP contribution in [-0.4, -0.2) is 10.3 Å². The molecule has 19 heavy (non-hydrogen) atoms. The molecule has 98 valence electrons. The first-order valence-corrected chi connectivity index (χ1v) is 7.45. The van der Waals surface area contributed by atoms with Crippen LogP contribution in [-0.2, 0) is 24.1 Å². The van der Waals surface area contributed by atoms with Crippen LogP contribution >= 0.6 is 11.5 Å². The van der Waals surface area contributed by atoms with Crippen molar-refractivity contribution in [3.05, 3.63) is 46.5 Å². The fourth-order valence-corrected chi connectivity index (χ4v) is 3.13. The van der Waals surface area contributed by atoms with Gasteiger partial charge in [-0.3, -0.25) is 4.79 Å². The number of anilines is 1. The number of rotatable bonds is 3. The zero-order valence-electron chi connectivity index (χ0n) is 10.7. The Morgan fingerprint density at radius 3 is 3.05 bits per heavy atom. The summed E-state index contributed by atoms with van der Waals surface area (Å²) in [6.07, 6.45) is 6.84. The van der Waals surface area contributed by atoms with Gasteiger partial charge in [-0.05, 0) is 60.0 Å². The summed E-state index contributed by atoms with van der Waals surface area (Å²) in [7, 11) is 0. The molecular weight excluding hydrogens is 256 g/mol. The van der Waals surface area contributed by atoms with E-state index in [2.05, 4.69) is 15.8 Å². The molecule has 1 aliphatic carbocycles. The molecule has 0 atom stereocenters. The predicted octanol–water partition coefficient (Wildman–Crippen LogP) is 3.20. The second-order valence-corrected chi connectivity index (χ2v) is 5.57. The number of carbonyl (C=O) groups is 1. The molecule has 0 bridgehead atoms. The molecule has 4 heteroatoms. The second kappa shape index (κ2) is 5.53. The van der Waals surface area contributed by atoms with Crippen molar-refractivity contribution in [1.29, 1.82) is 0 Å². The van der Waals surface area contributed by atoms with E-state index in [-0.39, 0.29) is 5.91 Å². The van der Waals surface area contributed by atoms with Gasteiger partial charge in [0.1, 0.15) is 0 Å². The summed E-state index contributed by atoms with van der Waals surface area (Å²) in [5.74, 6) is 0.0409. The van der Waals surface area contributed by atoms with E-state index in [9.17, 15) is 4.79 Å². The lowest BCUT2D eigenvalue weighted by atomic mass is 9.90. The maximum absolute atomic E-state index is 12.0. The average molecular weight is 272 g/mol. The molecule has 1 N–H and O–H groups in total. The monoisotopic (exact) mass is 272 g/mol. The smallest absolute Gasteiger partial charge is 0.228 e. The van der Waals surface area contributed by atoms with E-state index in [1.807, 2.05) is 17.5 Å². The minimum absolute atomic E-state index is 0.0409. The number of hydrogen-bond acceptors (Lipinski definition) is 3. The number of aromatic nitrogens is 1. The Bertz CT molecular complexity index is 578. The highest BCUT2D eigenvalue weighted by molar-refractivity contribution is 7.03. The van der Waals surface area contributed by atoms with Crippen LogP contribution in [0.25, 0.3) is 0 Å². The van der Waals surface area contributed by atoms with Crippen molar-refractivity contribution in [3.63, 3.8) is 0 Å². The summed E-state index contributed by atoms with van der Waals surface area (Å²) in [5, 5.41) is 4.96. The van der Waals surface area contributed by atoms with Gasteiger partial charge in [-0.2, -0.15) is 0 Å². The summed E-state index contributed by atoms with van der Waals surface area (Å²) < 4.78 is 4.01. The minimum Gasteiger partial charge on any atom is -0.326 e. The summed E-state index contributed by atoms with van der Waals surface area (Å²) in [6, 6.07) is 6.22. The summed E-state index contributed by atoms with van der Waals surface area (Å²) in [5.41, 5.74) is 4.68. The largest absolute Gasteiger partial charge is 0.326 e. The molecule has 3 rings (SSSR count). The molecule has 0 fully saturated rings. The third-order valence-corrected chi connectivity index (χ3v) is 4.15. The third kappa shape index (κ3) is 2.84. The molecule has 0 spiro atoms. The topological polar surface area (TPSA) is 42.0 Å². The Morgan fingerprint density at radius 1 is 1.32 bits per heavy atom. The Kier molecular flexibility index (Phi) is 3.60. The highest BCUT2D eigenvalue weighted by atomic mass is 32.1. The van der Waals surface area contributed by atoms with Crippen LogP contribution in [0, 0.1) is 0 Å². The zero-order valence-corrected chi connectivity index (χ0v) is 11.5. The molecular formula is C15H16N2OS. The number of nitrogens with zero attached hydrogens (tertiary/aromatic N) is 1. The first-order chi connectivity index (χ1) is 9.33. The quantitative estimate of drug-likeness (QED) is 0.932. The Morgan fingerprint density at radius 2 is 2.21 bits per heavy atom. The highest BCUT2D eigenvalue weighted by Crippen LogP contribution is 2.27. The molecule has 2 aromatic rings. The van der Waals surface area contributed by atoms with Crippen molar-refractivity contribution in [3.8, 4) is 0 Å². The Hall–Kier alpha value is -1.68. The predicted molar refractivity (Wildman–Crippen MR) is 77.5 cm³/mol. The summed E-state index contributed by atoms with van der Waals surface area (Å²) >= 11 is 1.38. The van der Waals surface area contributed by atoms with Crippen LogP contribution in [0.2, 0.25) is 0 Å². The van der Waals surface area contributed by atoms with E-state index >= 15 is 0 Å². The van der Waals surface area contributed by atoms with Crippen molar-refractivity contribution >= 4 is 23.1 Å². The highest BCUT2D eigenvalue weighted by Gasteiger charge is 2.14. The molecule has 0 aliphatic heterocycles. The number of amides is 1. The van der Waals surface area contributed by atoms with Crippen molar-refractivity contribution < 1.29 is 4.79 Å². The van der Waals surface area contributed by atoms with Gasteiger partial charge in [0.2, 0.25) is 5.91 Å². The van der Waals surface area contributed by atoms with Crippen LogP contribution in [0.5, 0.6) is 0 Å². The zero-order chi connectivity index (χ0) is 13.1. The van der Waals surface area contributed by atoms with Gasteiger partial charge in [0.15, 0.2) is 0 Å². The molecule has 0 saturated heterocycles. The van der Waals surface area contributed by atoms with Gasteiger partial charge < -0.3 is 5.32 Å².